The average Bonchev–Trinajstić information content (AvgIpc) is 3.18. The number of ether oxygens (including phenoxy) is 1. The van der Waals surface area contributed by atoms with Crippen molar-refractivity contribution in [1.82, 2.24) is 14.9 Å². The third-order valence-corrected chi connectivity index (χ3v) is 7.65. The number of amides is 2. The number of nitrogens with one attached hydrogen (secondary N) is 1. The molecule has 0 aromatic carbocycles. The Morgan fingerprint density at radius 2 is 1.94 bits per heavy atom. The van der Waals surface area contributed by atoms with E-state index in [-0.39, 0.29) is 35.7 Å². The van der Waals surface area contributed by atoms with Crippen molar-refractivity contribution >= 4 is 17.8 Å². The summed E-state index contributed by atoms with van der Waals surface area (Å²) in [6, 6.07) is 1.15. The molecule has 1 aliphatic heterocycles. The number of halogens is 3. The van der Waals surface area contributed by atoms with Crippen LogP contribution >= 0.6 is 0 Å². The number of alkyl halides is 3. The summed E-state index contributed by atoms with van der Waals surface area (Å²) in [6.45, 7) is 0.768. The number of anilines is 1. The Kier molecular flexibility index (Phi) is 4.97. The first-order chi connectivity index (χ1) is 15.1. The summed E-state index contributed by atoms with van der Waals surface area (Å²) in [5, 5.41) is 2.96. The molecule has 1 saturated heterocycles. The van der Waals surface area contributed by atoms with Crippen LogP contribution in [0, 0.1) is 23.2 Å². The number of rotatable bonds is 4. The number of primary amides is 1. The summed E-state index contributed by atoms with van der Waals surface area (Å²) >= 11 is 0. The topological polar surface area (TPSA) is 110 Å². The van der Waals surface area contributed by atoms with Gasteiger partial charge in [0.2, 0.25) is 11.7 Å². The lowest BCUT2D eigenvalue weighted by molar-refractivity contribution is -0.161. The molecule has 4 saturated carbocycles. The van der Waals surface area contributed by atoms with Gasteiger partial charge >= 0.3 is 12.3 Å². The van der Waals surface area contributed by atoms with E-state index in [1.807, 2.05) is 0 Å². The molecule has 5 aliphatic rings. The molecule has 174 valence electrons. The van der Waals surface area contributed by atoms with Crippen molar-refractivity contribution in [2.45, 2.75) is 56.8 Å². The van der Waals surface area contributed by atoms with Crippen LogP contribution in [0.4, 0.5) is 23.8 Å². The summed E-state index contributed by atoms with van der Waals surface area (Å²) in [7, 11) is 0. The Hall–Kier alpha value is -2.59. The van der Waals surface area contributed by atoms with Crippen molar-refractivity contribution in [3.8, 4) is 0 Å². The van der Waals surface area contributed by atoms with Gasteiger partial charge in [0.05, 0.1) is 5.41 Å². The highest BCUT2D eigenvalue weighted by Crippen LogP contribution is 2.60. The number of hydrogen-bond donors (Lipinski definition) is 2. The summed E-state index contributed by atoms with van der Waals surface area (Å²) in [4.78, 5) is 33.3. The molecule has 8 nitrogen and oxygen atoms in total. The summed E-state index contributed by atoms with van der Waals surface area (Å²) in [5.41, 5.74) is 5.28. The van der Waals surface area contributed by atoms with Crippen LogP contribution in [0.5, 0.6) is 0 Å². The highest BCUT2D eigenvalue weighted by molar-refractivity contribution is 5.81. The van der Waals surface area contributed by atoms with E-state index in [1.54, 1.807) is 4.90 Å². The van der Waals surface area contributed by atoms with Crippen molar-refractivity contribution < 1.29 is 27.5 Å². The Morgan fingerprint density at radius 1 is 1.22 bits per heavy atom. The monoisotopic (exact) mass is 453 g/mol. The van der Waals surface area contributed by atoms with Gasteiger partial charge < -0.3 is 20.7 Å². The quantitative estimate of drug-likeness (QED) is 0.726. The predicted octanol–water partition coefficient (Wildman–Crippen LogP) is 2.80. The minimum Gasteiger partial charge on any atom is -0.446 e. The molecule has 11 heteroatoms. The van der Waals surface area contributed by atoms with Crippen molar-refractivity contribution in [3.05, 3.63) is 18.1 Å². The molecule has 2 amide bonds. The van der Waals surface area contributed by atoms with Crippen LogP contribution in [0.15, 0.2) is 12.3 Å². The molecule has 2 heterocycles. The molecule has 1 aromatic rings. The lowest BCUT2D eigenvalue weighted by atomic mass is 9.48. The summed E-state index contributed by atoms with van der Waals surface area (Å²) in [6.07, 6.45) is 0.567. The fourth-order valence-electron chi connectivity index (χ4n) is 6.49. The molecule has 5 fully saturated rings. The molecule has 6 atom stereocenters. The first kappa shape index (κ1) is 21.3. The highest BCUT2D eigenvalue weighted by Gasteiger charge is 2.59. The van der Waals surface area contributed by atoms with E-state index in [0.717, 1.165) is 25.5 Å². The van der Waals surface area contributed by atoms with Gasteiger partial charge in [-0.1, -0.05) is 0 Å². The van der Waals surface area contributed by atoms with Gasteiger partial charge in [-0.25, -0.2) is 14.8 Å². The van der Waals surface area contributed by atoms with E-state index in [4.69, 9.17) is 10.5 Å². The van der Waals surface area contributed by atoms with Gasteiger partial charge in [-0.05, 0) is 62.3 Å². The number of aromatic nitrogens is 2. The Balaban J connectivity index is 1.18. The van der Waals surface area contributed by atoms with E-state index in [0.29, 0.717) is 38.3 Å². The van der Waals surface area contributed by atoms with Gasteiger partial charge in [0.25, 0.3) is 0 Å². The van der Waals surface area contributed by atoms with Gasteiger partial charge in [-0.3, -0.25) is 4.79 Å². The Bertz CT molecular complexity index is 910. The number of carbonyl (C=O) groups excluding carboxylic acids is 2. The molecular formula is C21H26F3N5O3. The molecule has 4 bridgehead atoms. The minimum atomic E-state index is -4.62. The zero-order valence-electron chi connectivity index (χ0n) is 17.5. The molecule has 4 aliphatic carbocycles. The summed E-state index contributed by atoms with van der Waals surface area (Å²) < 4.78 is 44.4. The highest BCUT2D eigenvalue weighted by atomic mass is 19.4. The smallest absolute Gasteiger partial charge is 0.446 e. The maximum Gasteiger partial charge on any atom is 0.451 e. The SMILES string of the molecule is NC(=O)[C@]12CC3CC(C1)C(OC(=O)N1CC[C@@H](Nc4ccnc(C(F)(F)F)n4)C1)[C@@H](C3)C2. The van der Waals surface area contributed by atoms with E-state index < -0.39 is 23.5 Å². The van der Waals surface area contributed by atoms with Crippen LogP contribution in [-0.4, -0.2) is 52.1 Å². The van der Waals surface area contributed by atoms with Gasteiger partial charge in [-0.2, -0.15) is 13.2 Å². The first-order valence-electron chi connectivity index (χ1n) is 11.1. The third-order valence-electron chi connectivity index (χ3n) is 7.65. The Labute approximate surface area is 183 Å². The fourth-order valence-corrected chi connectivity index (χ4v) is 6.49. The standard InChI is InChI=1S/C21H26F3N5O3/c22-21(23,24)18-26-3-1-15(28-18)27-14-2-4-29(10-14)19(31)32-16-12-5-11-6-13(16)9-20(7-11,8-12)17(25)30/h1,3,11-14,16H,2,4-10H2,(H2,25,30)(H,26,27,28)/t11?,12-,13?,14+,16?,20-/m0/s1. The lowest BCUT2D eigenvalue weighted by Crippen LogP contribution is -2.59. The number of nitrogens with zero attached hydrogens (tertiary/aromatic N) is 3. The van der Waals surface area contributed by atoms with Crippen LogP contribution in [0.3, 0.4) is 0 Å². The first-order valence-corrected chi connectivity index (χ1v) is 11.1. The van der Waals surface area contributed by atoms with Gasteiger partial charge in [0.15, 0.2) is 0 Å². The third kappa shape index (κ3) is 3.75. The Morgan fingerprint density at radius 3 is 2.59 bits per heavy atom. The van der Waals surface area contributed by atoms with Crippen molar-refractivity contribution in [3.63, 3.8) is 0 Å². The van der Waals surface area contributed by atoms with Crippen LogP contribution in [0.1, 0.15) is 44.3 Å². The van der Waals surface area contributed by atoms with Crippen LogP contribution in [0.25, 0.3) is 0 Å². The molecule has 6 rings (SSSR count). The van der Waals surface area contributed by atoms with Crippen LogP contribution in [0.2, 0.25) is 0 Å². The van der Waals surface area contributed by atoms with Crippen molar-refractivity contribution in [2.24, 2.45) is 28.9 Å². The zero-order chi connectivity index (χ0) is 22.7. The fraction of sp³-hybridized carbons (Fsp3) is 0.714. The summed E-state index contributed by atoms with van der Waals surface area (Å²) in [5.74, 6) is -0.553. The second kappa shape index (κ2) is 7.48. The maximum absolute atomic E-state index is 12.8. The second-order valence-corrected chi connectivity index (χ2v) is 9.80. The molecule has 3 N–H and O–H groups in total. The van der Waals surface area contributed by atoms with E-state index >= 15 is 0 Å². The van der Waals surface area contributed by atoms with Crippen molar-refractivity contribution in [1.29, 1.82) is 0 Å². The lowest BCUT2D eigenvalue weighted by Gasteiger charge is -2.58. The normalized spacial score (nSPS) is 35.7. The van der Waals surface area contributed by atoms with E-state index in [9.17, 15) is 22.8 Å². The molecule has 0 radical (unpaired) electrons. The van der Waals surface area contributed by atoms with Gasteiger partial charge in [0.1, 0.15) is 11.9 Å². The maximum atomic E-state index is 12.8. The molecule has 1 aromatic heterocycles. The van der Waals surface area contributed by atoms with Crippen molar-refractivity contribution in [2.75, 3.05) is 18.4 Å². The molecule has 0 spiro atoms. The molecule has 32 heavy (non-hydrogen) atoms. The molecular weight excluding hydrogens is 427 g/mol. The largest absolute Gasteiger partial charge is 0.451 e. The van der Waals surface area contributed by atoms with Crippen LogP contribution < -0.4 is 11.1 Å². The van der Waals surface area contributed by atoms with E-state index in [2.05, 4.69) is 15.3 Å². The van der Waals surface area contributed by atoms with Gasteiger partial charge in [-0.15, -0.1) is 0 Å². The van der Waals surface area contributed by atoms with Crippen LogP contribution in [-0.2, 0) is 15.7 Å². The molecule has 3 unspecified atom stereocenters. The number of carbonyl (C=O) groups is 2. The predicted molar refractivity (Wildman–Crippen MR) is 106 cm³/mol. The van der Waals surface area contributed by atoms with Gasteiger partial charge in [0, 0.05) is 25.3 Å². The second-order valence-electron chi connectivity index (χ2n) is 9.80. The zero-order valence-corrected chi connectivity index (χ0v) is 17.5. The number of hydrogen-bond acceptors (Lipinski definition) is 6. The average molecular weight is 453 g/mol. The number of nitrogens with two attached hydrogens (primary N) is 1. The number of likely N-dealkylation sites (tertiary alicyclic amines) is 1. The van der Waals surface area contributed by atoms with E-state index in [1.165, 1.54) is 6.07 Å². The minimum absolute atomic E-state index is 0.0744.